The molecule has 0 radical (unpaired) electrons. The van der Waals surface area contributed by atoms with Crippen LogP contribution >= 0.6 is 0 Å². The van der Waals surface area contributed by atoms with Crippen LogP contribution in [-0.4, -0.2) is 23.4 Å². The van der Waals surface area contributed by atoms with E-state index in [0.29, 0.717) is 24.0 Å². The second-order valence-electron chi connectivity index (χ2n) is 10.6. The fourth-order valence-electron chi connectivity index (χ4n) is 5.34. The minimum absolute atomic E-state index is 0.114. The van der Waals surface area contributed by atoms with Crippen molar-refractivity contribution in [1.82, 2.24) is 0 Å². The van der Waals surface area contributed by atoms with Crippen LogP contribution in [0.5, 0.6) is 23.0 Å². The number of aromatic hydroxyl groups is 2. The number of hydrogen-bond donors (Lipinski definition) is 2. The molecule has 0 aromatic heterocycles. The molecule has 4 nitrogen and oxygen atoms in total. The Hall–Kier alpha value is -3.58. The third kappa shape index (κ3) is 7.48. The average molecular weight is 515 g/mol. The van der Waals surface area contributed by atoms with Crippen molar-refractivity contribution in [2.45, 2.75) is 78.2 Å². The lowest BCUT2D eigenvalue weighted by Gasteiger charge is -2.37. The van der Waals surface area contributed by atoms with Gasteiger partial charge in [0.05, 0.1) is 7.11 Å². The number of methoxy groups -OCH3 is 1. The Bertz CT molecular complexity index is 1190. The second-order valence-corrected chi connectivity index (χ2v) is 10.6. The largest absolute Gasteiger partial charge is 0.507 e. The molecule has 4 rings (SSSR count). The maximum absolute atomic E-state index is 10.6. The summed E-state index contributed by atoms with van der Waals surface area (Å²) >= 11 is 0. The van der Waals surface area contributed by atoms with Crippen molar-refractivity contribution < 1.29 is 19.7 Å². The van der Waals surface area contributed by atoms with Gasteiger partial charge in [-0.25, -0.2) is 0 Å². The molecule has 0 amide bonds. The molecule has 1 unspecified atom stereocenters. The van der Waals surface area contributed by atoms with Crippen molar-refractivity contribution in [2.24, 2.45) is 5.92 Å². The number of rotatable bonds is 8. The molecule has 1 aliphatic carbocycles. The van der Waals surface area contributed by atoms with Gasteiger partial charge in [-0.1, -0.05) is 41.9 Å². The molecule has 0 spiro atoms. The molecule has 2 aromatic rings. The third-order valence-corrected chi connectivity index (χ3v) is 7.40. The molecule has 2 N–H and O–H groups in total. The summed E-state index contributed by atoms with van der Waals surface area (Å²) in [5, 5.41) is 21.2. The van der Waals surface area contributed by atoms with Gasteiger partial charge < -0.3 is 19.7 Å². The first-order valence-electron chi connectivity index (χ1n) is 13.6. The molecule has 0 bridgehead atoms. The summed E-state index contributed by atoms with van der Waals surface area (Å²) < 4.78 is 12.0. The zero-order chi connectivity index (χ0) is 27.7. The van der Waals surface area contributed by atoms with E-state index in [0.717, 1.165) is 48.3 Å². The van der Waals surface area contributed by atoms with Gasteiger partial charge in [0, 0.05) is 11.5 Å². The fraction of sp³-hybridized carbons (Fsp3) is 0.412. The summed E-state index contributed by atoms with van der Waals surface area (Å²) in [6.07, 6.45) is 24.9. The first kappa shape index (κ1) is 29.0. The molecule has 202 valence electrons. The number of terminal acetylenes is 1. The van der Waals surface area contributed by atoms with Crippen LogP contribution in [0.2, 0.25) is 0 Å². The van der Waals surface area contributed by atoms with Gasteiger partial charge in [-0.05, 0) is 107 Å². The topological polar surface area (TPSA) is 58.9 Å². The Morgan fingerprint density at radius 3 is 2.29 bits per heavy atom. The van der Waals surface area contributed by atoms with Crippen LogP contribution in [0.3, 0.4) is 0 Å². The molecule has 1 saturated carbocycles. The molecule has 1 fully saturated rings. The van der Waals surface area contributed by atoms with Gasteiger partial charge in [-0.15, -0.1) is 12.8 Å². The predicted octanol–water partition coefficient (Wildman–Crippen LogP) is 8.26. The van der Waals surface area contributed by atoms with Crippen molar-refractivity contribution in [1.29, 1.82) is 0 Å². The number of hydrogen-bond acceptors (Lipinski definition) is 4. The van der Waals surface area contributed by atoms with Gasteiger partial charge in [0.15, 0.2) is 11.5 Å². The molecule has 38 heavy (non-hydrogen) atoms. The minimum atomic E-state index is 0.114. The first-order chi connectivity index (χ1) is 18.3. The van der Waals surface area contributed by atoms with Gasteiger partial charge in [0.2, 0.25) is 0 Å². The van der Waals surface area contributed by atoms with E-state index >= 15 is 0 Å². The van der Waals surface area contributed by atoms with E-state index in [9.17, 15) is 10.2 Å². The van der Waals surface area contributed by atoms with Crippen LogP contribution in [0.15, 0.2) is 47.6 Å². The summed E-state index contributed by atoms with van der Waals surface area (Å²) in [6, 6.07) is 7.60. The van der Waals surface area contributed by atoms with Crippen molar-refractivity contribution in [2.75, 3.05) is 7.11 Å². The van der Waals surface area contributed by atoms with E-state index in [4.69, 9.17) is 9.47 Å². The van der Waals surface area contributed by atoms with Crippen molar-refractivity contribution in [3.63, 3.8) is 0 Å². The van der Waals surface area contributed by atoms with E-state index in [1.807, 2.05) is 18.2 Å². The van der Waals surface area contributed by atoms with Gasteiger partial charge in [-0.3, -0.25) is 0 Å². The Kier molecular flexibility index (Phi) is 10.5. The number of allylic oxidation sites excluding steroid dienone is 4. The lowest BCUT2D eigenvalue weighted by Crippen LogP contribution is -2.35. The highest BCUT2D eigenvalue weighted by atomic mass is 16.5. The normalized spacial score (nSPS) is 18.4. The molecule has 1 aliphatic heterocycles. The van der Waals surface area contributed by atoms with E-state index < -0.39 is 0 Å². The van der Waals surface area contributed by atoms with Crippen LogP contribution in [0.4, 0.5) is 0 Å². The lowest BCUT2D eigenvalue weighted by molar-refractivity contribution is 0.0719. The summed E-state index contributed by atoms with van der Waals surface area (Å²) in [5.74, 6) is 2.47. The van der Waals surface area contributed by atoms with E-state index in [2.05, 4.69) is 51.8 Å². The van der Waals surface area contributed by atoms with Gasteiger partial charge in [-0.2, -0.15) is 0 Å². The highest BCUT2D eigenvalue weighted by Gasteiger charge is 2.33. The zero-order valence-corrected chi connectivity index (χ0v) is 23.3. The molecule has 4 heteroatoms. The molecule has 2 aliphatic rings. The average Bonchev–Trinajstić information content (AvgIpc) is 2.90. The lowest BCUT2D eigenvalue weighted by atomic mass is 9.80. The number of fused-ring (bicyclic) bond motifs is 2. The van der Waals surface area contributed by atoms with Gasteiger partial charge in [0.25, 0.3) is 0 Å². The van der Waals surface area contributed by atoms with Crippen molar-refractivity contribution in [3.05, 3.63) is 69.8 Å². The number of phenolic OH excluding ortho intramolecular Hbond substituents is 2. The maximum atomic E-state index is 10.6. The zero-order valence-electron chi connectivity index (χ0n) is 23.3. The predicted molar refractivity (Wildman–Crippen MR) is 158 cm³/mol. The minimum Gasteiger partial charge on any atom is -0.507 e. The number of benzene rings is 2. The van der Waals surface area contributed by atoms with Gasteiger partial charge in [0.1, 0.15) is 17.6 Å². The second kappa shape index (κ2) is 13.8. The summed E-state index contributed by atoms with van der Waals surface area (Å²) in [6.45, 7) is 6.30. The molecule has 0 saturated heterocycles. The number of ether oxygens (including phenoxy) is 2. The van der Waals surface area contributed by atoms with Crippen LogP contribution in [0.25, 0.3) is 12.2 Å². The monoisotopic (exact) mass is 514 g/mol. The fourth-order valence-corrected chi connectivity index (χ4v) is 5.34. The Balaban J connectivity index is 0.00000195. The Morgan fingerprint density at radius 1 is 0.974 bits per heavy atom. The molecule has 1 heterocycles. The van der Waals surface area contributed by atoms with Gasteiger partial charge >= 0.3 is 0 Å². The van der Waals surface area contributed by atoms with Crippen LogP contribution < -0.4 is 9.47 Å². The Morgan fingerprint density at radius 2 is 1.63 bits per heavy atom. The highest BCUT2D eigenvalue weighted by molar-refractivity contribution is 5.73. The van der Waals surface area contributed by atoms with E-state index in [-0.39, 0.29) is 11.5 Å². The highest BCUT2D eigenvalue weighted by Crippen LogP contribution is 2.44. The molecule has 2 aromatic carbocycles. The van der Waals surface area contributed by atoms with E-state index in [1.54, 1.807) is 19.2 Å². The van der Waals surface area contributed by atoms with Crippen molar-refractivity contribution in [3.8, 4) is 35.8 Å². The van der Waals surface area contributed by atoms with E-state index in [1.165, 1.54) is 36.0 Å². The Labute approximate surface area is 228 Å². The summed E-state index contributed by atoms with van der Waals surface area (Å²) in [7, 11) is 1.69. The van der Waals surface area contributed by atoms with Crippen LogP contribution in [0, 0.1) is 18.8 Å². The SMILES string of the molecule is C#C.COc1cc(/C=C/c2cc(O)c(C/C=C(\C)CCC=C(C)C)c(O)c2)cc2c1OC1CCCC[C@H]1C2. The number of phenols is 2. The first-order valence-corrected chi connectivity index (χ1v) is 13.6. The standard InChI is InChI=1S/C32H40O4.C2H2/c1-21(2)8-7-9-22(3)12-15-27-28(33)17-24(18-29(27)34)14-13-23-16-26-20-25-10-5-6-11-30(25)36-32(26)31(19-23)35-4;1-2/h8,12-14,16-19,25,30,33-34H,5-7,9-11,15,20H2,1-4H3;1-2H/b14-13+,22-12+;/t25-,30?;/m0./s1. The summed E-state index contributed by atoms with van der Waals surface area (Å²) in [4.78, 5) is 0. The maximum Gasteiger partial charge on any atom is 0.164 e. The smallest absolute Gasteiger partial charge is 0.164 e. The van der Waals surface area contributed by atoms with Crippen LogP contribution in [0.1, 0.15) is 81.5 Å². The quantitative estimate of drug-likeness (QED) is 0.211. The summed E-state index contributed by atoms with van der Waals surface area (Å²) in [5.41, 5.74) is 6.09. The molecular weight excluding hydrogens is 472 g/mol. The van der Waals surface area contributed by atoms with Crippen molar-refractivity contribution >= 4 is 12.2 Å². The molecular formula is C34H42O4. The third-order valence-electron chi connectivity index (χ3n) is 7.40. The molecule has 2 atom stereocenters. The van der Waals surface area contributed by atoms with Crippen LogP contribution in [-0.2, 0) is 12.8 Å².